The predicted molar refractivity (Wildman–Crippen MR) is 145 cm³/mol. The van der Waals surface area contributed by atoms with E-state index >= 15 is 0 Å². The van der Waals surface area contributed by atoms with Gasteiger partial charge in [-0.2, -0.15) is 5.10 Å². The number of thioether (sulfide) groups is 1. The molecular weight excluding hydrogens is 470 g/mol. The topological polar surface area (TPSA) is 92.4 Å². The monoisotopic (exact) mass is 499 g/mol. The third-order valence-electron chi connectivity index (χ3n) is 5.63. The average molecular weight is 500 g/mol. The van der Waals surface area contributed by atoms with Gasteiger partial charge in [0.2, 0.25) is 0 Å². The minimum absolute atomic E-state index is 0.0557. The molecule has 1 heterocycles. The Bertz CT molecular complexity index is 1370. The van der Waals surface area contributed by atoms with E-state index in [0.29, 0.717) is 22.3 Å². The average Bonchev–Trinajstić information content (AvgIpc) is 3.30. The Hall–Kier alpha value is -3.91. The molecule has 0 bridgehead atoms. The zero-order chi connectivity index (χ0) is 25.7. The molecule has 0 saturated heterocycles. The molecule has 0 radical (unpaired) electrons. The summed E-state index contributed by atoms with van der Waals surface area (Å²) in [6, 6.07) is 25.0. The van der Waals surface area contributed by atoms with E-state index in [1.807, 2.05) is 34.9 Å². The first kappa shape index (κ1) is 25.2. The van der Waals surface area contributed by atoms with Gasteiger partial charge < -0.3 is 5.11 Å². The van der Waals surface area contributed by atoms with Crippen molar-refractivity contribution >= 4 is 23.4 Å². The normalized spacial score (nSPS) is 11.9. The highest BCUT2D eigenvalue weighted by atomic mass is 32.2. The maximum absolute atomic E-state index is 12.5. The van der Waals surface area contributed by atoms with Gasteiger partial charge in [0.05, 0.1) is 11.5 Å². The number of hydrazone groups is 1. The van der Waals surface area contributed by atoms with Gasteiger partial charge in [0.1, 0.15) is 5.75 Å². The second kappa shape index (κ2) is 10.8. The fraction of sp³-hybridized carbons (Fsp3) is 0.214. The maximum atomic E-state index is 12.5. The van der Waals surface area contributed by atoms with Gasteiger partial charge in [0.15, 0.2) is 11.0 Å². The summed E-state index contributed by atoms with van der Waals surface area (Å²) in [7, 11) is 0. The molecule has 4 aromatic rings. The van der Waals surface area contributed by atoms with Crippen LogP contribution in [0.4, 0.5) is 0 Å². The number of nitrogens with zero attached hydrogens (tertiary/aromatic N) is 4. The van der Waals surface area contributed by atoms with Crippen molar-refractivity contribution in [2.45, 2.75) is 38.3 Å². The van der Waals surface area contributed by atoms with Crippen molar-refractivity contribution in [2.75, 3.05) is 5.75 Å². The van der Waals surface area contributed by atoms with Crippen LogP contribution in [-0.2, 0) is 10.2 Å². The molecule has 1 aromatic heterocycles. The van der Waals surface area contributed by atoms with Crippen molar-refractivity contribution in [3.63, 3.8) is 0 Å². The number of amides is 1. The Morgan fingerprint density at radius 1 is 0.972 bits per heavy atom. The summed E-state index contributed by atoms with van der Waals surface area (Å²) in [6.07, 6.45) is 0. The van der Waals surface area contributed by atoms with Gasteiger partial charge in [-0.3, -0.25) is 9.36 Å². The molecule has 0 unspecified atom stereocenters. The first-order valence-corrected chi connectivity index (χ1v) is 12.6. The van der Waals surface area contributed by atoms with E-state index in [0.717, 1.165) is 11.3 Å². The van der Waals surface area contributed by atoms with E-state index in [1.54, 1.807) is 31.2 Å². The summed E-state index contributed by atoms with van der Waals surface area (Å²) in [5, 5.41) is 23.6. The Morgan fingerprint density at radius 3 is 2.31 bits per heavy atom. The Kier molecular flexibility index (Phi) is 7.55. The molecule has 7 nitrogen and oxygen atoms in total. The molecule has 4 rings (SSSR count). The highest BCUT2D eigenvalue weighted by Gasteiger charge is 2.19. The van der Waals surface area contributed by atoms with Crippen LogP contribution in [0.15, 0.2) is 89.1 Å². The van der Waals surface area contributed by atoms with Gasteiger partial charge in [-0.15, -0.1) is 10.2 Å². The molecule has 0 saturated carbocycles. The minimum atomic E-state index is -0.284. The first-order chi connectivity index (χ1) is 17.2. The zero-order valence-electron chi connectivity index (χ0n) is 20.8. The molecule has 0 aliphatic heterocycles. The van der Waals surface area contributed by atoms with Crippen molar-refractivity contribution in [3.05, 3.63) is 90.0 Å². The number of rotatable bonds is 7. The number of hydrogen-bond donors (Lipinski definition) is 2. The number of carbonyl (C=O) groups excluding carboxylic acids is 1. The number of hydrogen-bond acceptors (Lipinski definition) is 6. The lowest BCUT2D eigenvalue weighted by molar-refractivity contribution is -0.118. The molecule has 0 fully saturated rings. The summed E-state index contributed by atoms with van der Waals surface area (Å²) in [5.74, 6) is 0.638. The predicted octanol–water partition coefficient (Wildman–Crippen LogP) is 5.57. The van der Waals surface area contributed by atoms with E-state index in [1.165, 1.54) is 17.3 Å². The van der Waals surface area contributed by atoms with E-state index in [-0.39, 0.29) is 22.8 Å². The first-order valence-electron chi connectivity index (χ1n) is 11.6. The third kappa shape index (κ3) is 5.83. The van der Waals surface area contributed by atoms with Gasteiger partial charge >= 0.3 is 0 Å². The van der Waals surface area contributed by atoms with Crippen molar-refractivity contribution in [1.29, 1.82) is 0 Å². The van der Waals surface area contributed by atoms with Crippen molar-refractivity contribution in [3.8, 4) is 22.8 Å². The quantitative estimate of drug-likeness (QED) is 0.197. The van der Waals surface area contributed by atoms with Gasteiger partial charge in [-0.1, -0.05) is 87.1 Å². The van der Waals surface area contributed by atoms with Crippen LogP contribution in [0.25, 0.3) is 17.1 Å². The number of aromatic nitrogens is 3. The SMILES string of the molecule is CC(=NNC(=O)CSc1nnc(-c2ccc(C(C)(C)C)cc2)n1-c1ccccc1)c1ccccc1O. The number of nitrogens with one attached hydrogen (secondary N) is 1. The van der Waals surface area contributed by atoms with E-state index < -0.39 is 0 Å². The minimum Gasteiger partial charge on any atom is -0.507 e. The van der Waals surface area contributed by atoms with Gasteiger partial charge in [0, 0.05) is 16.8 Å². The summed E-state index contributed by atoms with van der Waals surface area (Å²) in [5.41, 5.74) is 6.78. The number of para-hydroxylation sites is 2. The second-order valence-electron chi connectivity index (χ2n) is 9.34. The van der Waals surface area contributed by atoms with E-state index in [2.05, 4.69) is 65.8 Å². The van der Waals surface area contributed by atoms with Crippen LogP contribution in [-0.4, -0.2) is 37.2 Å². The highest BCUT2D eigenvalue weighted by Crippen LogP contribution is 2.30. The lowest BCUT2D eigenvalue weighted by Crippen LogP contribution is -2.21. The molecule has 1 amide bonds. The summed E-state index contributed by atoms with van der Waals surface area (Å²) in [4.78, 5) is 12.5. The molecule has 0 aliphatic carbocycles. The Balaban J connectivity index is 1.54. The largest absolute Gasteiger partial charge is 0.507 e. The molecular formula is C28H29N5O2S. The molecule has 0 spiro atoms. The molecule has 3 aromatic carbocycles. The Morgan fingerprint density at radius 2 is 1.64 bits per heavy atom. The molecule has 36 heavy (non-hydrogen) atoms. The molecule has 0 atom stereocenters. The van der Waals surface area contributed by atoms with Crippen LogP contribution in [0, 0.1) is 0 Å². The van der Waals surface area contributed by atoms with Crippen LogP contribution >= 0.6 is 11.8 Å². The fourth-order valence-electron chi connectivity index (χ4n) is 3.63. The maximum Gasteiger partial charge on any atom is 0.250 e. The van der Waals surface area contributed by atoms with Crippen LogP contribution in [0.2, 0.25) is 0 Å². The Labute approximate surface area is 215 Å². The molecule has 0 aliphatic rings. The molecule has 184 valence electrons. The smallest absolute Gasteiger partial charge is 0.250 e. The summed E-state index contributed by atoms with van der Waals surface area (Å²) in [6.45, 7) is 8.28. The molecule has 2 N–H and O–H groups in total. The van der Waals surface area contributed by atoms with Crippen molar-refractivity contribution in [2.24, 2.45) is 5.10 Å². The van der Waals surface area contributed by atoms with E-state index in [4.69, 9.17) is 0 Å². The number of phenolic OH excluding ortho intramolecular Hbond substituents is 1. The van der Waals surface area contributed by atoms with Crippen LogP contribution in [0.3, 0.4) is 0 Å². The standard InChI is InChI=1S/C28H29N5O2S/c1-19(23-12-8-9-13-24(23)34)29-30-25(35)18-36-27-32-31-26(33(27)22-10-6-5-7-11-22)20-14-16-21(17-15-20)28(2,3)4/h5-17,34H,18H2,1-4H3,(H,30,35). The van der Waals surface area contributed by atoms with Crippen LogP contribution in [0.5, 0.6) is 5.75 Å². The summed E-state index contributed by atoms with van der Waals surface area (Å²) >= 11 is 1.28. The van der Waals surface area contributed by atoms with Crippen LogP contribution in [0.1, 0.15) is 38.8 Å². The number of aromatic hydroxyl groups is 1. The fourth-order valence-corrected chi connectivity index (χ4v) is 4.37. The third-order valence-corrected chi connectivity index (χ3v) is 6.56. The summed E-state index contributed by atoms with van der Waals surface area (Å²) < 4.78 is 1.96. The molecule has 8 heteroatoms. The van der Waals surface area contributed by atoms with E-state index in [9.17, 15) is 9.90 Å². The zero-order valence-corrected chi connectivity index (χ0v) is 21.6. The number of phenols is 1. The number of benzene rings is 3. The lowest BCUT2D eigenvalue weighted by atomic mass is 9.87. The number of carbonyl (C=O) groups is 1. The van der Waals surface area contributed by atoms with Crippen molar-refractivity contribution in [1.82, 2.24) is 20.2 Å². The van der Waals surface area contributed by atoms with Gasteiger partial charge in [0.25, 0.3) is 5.91 Å². The second-order valence-corrected chi connectivity index (χ2v) is 10.3. The lowest BCUT2D eigenvalue weighted by Gasteiger charge is -2.19. The van der Waals surface area contributed by atoms with Gasteiger partial charge in [-0.05, 0) is 42.2 Å². The van der Waals surface area contributed by atoms with Gasteiger partial charge in [-0.25, -0.2) is 5.43 Å². The van der Waals surface area contributed by atoms with Crippen LogP contribution < -0.4 is 5.43 Å². The highest BCUT2D eigenvalue weighted by molar-refractivity contribution is 7.99. The van der Waals surface area contributed by atoms with Crippen molar-refractivity contribution < 1.29 is 9.90 Å².